The molecule has 0 atom stereocenters. The lowest BCUT2D eigenvalue weighted by Crippen LogP contribution is -2.33. The van der Waals surface area contributed by atoms with Crippen molar-refractivity contribution in [2.24, 2.45) is 0 Å². The summed E-state index contributed by atoms with van der Waals surface area (Å²) in [5, 5.41) is -0.508. The van der Waals surface area contributed by atoms with Crippen LogP contribution in [0.25, 0.3) is 0 Å². The van der Waals surface area contributed by atoms with Crippen molar-refractivity contribution in [3.63, 3.8) is 0 Å². The average Bonchev–Trinajstić information content (AvgIpc) is 3.19. The Balaban J connectivity index is 2.18. The predicted molar refractivity (Wildman–Crippen MR) is 125 cm³/mol. The van der Waals surface area contributed by atoms with Gasteiger partial charge < -0.3 is 4.74 Å². The number of thiazole rings is 1. The third-order valence-electron chi connectivity index (χ3n) is 4.28. The van der Waals surface area contributed by atoms with E-state index in [1.54, 1.807) is 6.92 Å². The van der Waals surface area contributed by atoms with E-state index in [9.17, 15) is 26.4 Å². The zero-order valence-electron chi connectivity index (χ0n) is 17.1. The normalized spacial score (nSPS) is 12.1. The standard InChI is InChI=1S/C20H14Cl3F3N2O4S2/c1-2-32-10-28(34(30,31)13-5-3-4-11(21)8-13)19-27-18(20(24,25)26)17(33-19)16(29)14-7-6-12(22)9-15(14)23/h3-9H,2,10H2,1H3. The Kier molecular flexibility index (Phi) is 8.16. The molecular formula is C20H14Cl3F3N2O4S2. The lowest BCUT2D eigenvalue weighted by atomic mass is 10.1. The predicted octanol–water partition coefficient (Wildman–Crippen LogP) is 6.54. The fourth-order valence-electron chi connectivity index (χ4n) is 2.71. The van der Waals surface area contributed by atoms with Crippen LogP contribution in [0.2, 0.25) is 15.1 Å². The Morgan fingerprint density at radius 2 is 1.79 bits per heavy atom. The number of rotatable bonds is 8. The maximum Gasteiger partial charge on any atom is 0.435 e. The zero-order chi connectivity index (χ0) is 25.3. The van der Waals surface area contributed by atoms with Crippen LogP contribution in [-0.2, 0) is 20.9 Å². The van der Waals surface area contributed by atoms with Crippen molar-refractivity contribution in [2.45, 2.75) is 18.0 Å². The van der Waals surface area contributed by atoms with Gasteiger partial charge >= 0.3 is 6.18 Å². The van der Waals surface area contributed by atoms with Crippen molar-refractivity contribution in [1.29, 1.82) is 0 Å². The van der Waals surface area contributed by atoms with E-state index in [0.29, 0.717) is 4.31 Å². The first-order chi connectivity index (χ1) is 15.9. The Hall–Kier alpha value is -1.89. The van der Waals surface area contributed by atoms with E-state index < -0.39 is 44.4 Å². The molecule has 0 saturated heterocycles. The molecule has 0 radical (unpaired) electrons. The summed E-state index contributed by atoms with van der Waals surface area (Å²) in [6.45, 7) is 0.987. The maximum atomic E-state index is 13.8. The molecule has 6 nitrogen and oxygen atoms in total. The number of hydrogen-bond acceptors (Lipinski definition) is 6. The second-order valence-corrected chi connectivity index (χ2v) is 10.7. The molecule has 0 saturated carbocycles. The molecule has 0 aliphatic heterocycles. The van der Waals surface area contributed by atoms with E-state index in [4.69, 9.17) is 39.5 Å². The molecule has 1 aromatic heterocycles. The topological polar surface area (TPSA) is 76.6 Å². The quantitative estimate of drug-likeness (QED) is 0.226. The third kappa shape index (κ3) is 5.67. The fourth-order valence-corrected chi connectivity index (χ4v) is 6.04. The second-order valence-electron chi connectivity index (χ2n) is 6.56. The van der Waals surface area contributed by atoms with E-state index in [-0.39, 0.29) is 43.5 Å². The van der Waals surface area contributed by atoms with Crippen LogP contribution < -0.4 is 4.31 Å². The highest BCUT2D eigenvalue weighted by atomic mass is 35.5. The van der Waals surface area contributed by atoms with Crippen molar-refractivity contribution in [3.05, 3.63) is 73.7 Å². The van der Waals surface area contributed by atoms with Gasteiger partial charge in [-0.05, 0) is 43.3 Å². The van der Waals surface area contributed by atoms with Crippen LogP contribution in [0.3, 0.4) is 0 Å². The lowest BCUT2D eigenvalue weighted by molar-refractivity contribution is -0.141. The molecule has 1 heterocycles. The first kappa shape index (κ1) is 26.7. The van der Waals surface area contributed by atoms with Crippen LogP contribution in [0.5, 0.6) is 0 Å². The van der Waals surface area contributed by atoms with Gasteiger partial charge in [0.05, 0.1) is 9.92 Å². The molecule has 0 amide bonds. The molecule has 0 spiro atoms. The highest BCUT2D eigenvalue weighted by Crippen LogP contribution is 2.40. The van der Waals surface area contributed by atoms with E-state index >= 15 is 0 Å². The summed E-state index contributed by atoms with van der Waals surface area (Å²) in [5.41, 5.74) is -1.80. The monoisotopic (exact) mass is 572 g/mol. The average molecular weight is 574 g/mol. The minimum atomic E-state index is -5.06. The maximum absolute atomic E-state index is 13.8. The Bertz CT molecular complexity index is 1330. The van der Waals surface area contributed by atoms with Gasteiger partial charge in [0.15, 0.2) is 5.69 Å². The summed E-state index contributed by atoms with van der Waals surface area (Å²) < 4.78 is 73.6. The van der Waals surface area contributed by atoms with Crippen LogP contribution in [0, 0.1) is 0 Å². The summed E-state index contributed by atoms with van der Waals surface area (Å²) in [4.78, 5) is 15.3. The SMILES string of the molecule is CCOCN(c1nc(C(F)(F)F)c(C(=O)c2ccc(Cl)cc2Cl)s1)S(=O)(=O)c1cccc(Cl)c1. The van der Waals surface area contributed by atoms with E-state index in [1.807, 2.05) is 0 Å². The largest absolute Gasteiger partial charge is 0.435 e. The zero-order valence-corrected chi connectivity index (χ0v) is 21.0. The summed E-state index contributed by atoms with van der Waals surface area (Å²) in [6, 6.07) is 8.83. The molecule has 34 heavy (non-hydrogen) atoms. The van der Waals surface area contributed by atoms with Crippen molar-refractivity contribution in [1.82, 2.24) is 4.98 Å². The van der Waals surface area contributed by atoms with Gasteiger partial charge in [-0.25, -0.2) is 17.7 Å². The number of sulfonamides is 1. The molecule has 182 valence electrons. The molecule has 0 bridgehead atoms. The molecule has 3 rings (SSSR count). The van der Waals surface area contributed by atoms with Crippen molar-refractivity contribution < 1.29 is 31.1 Å². The third-order valence-corrected chi connectivity index (χ3v) is 7.96. The van der Waals surface area contributed by atoms with Crippen molar-refractivity contribution in [3.8, 4) is 0 Å². The van der Waals surface area contributed by atoms with Crippen molar-refractivity contribution in [2.75, 3.05) is 17.6 Å². The molecule has 14 heteroatoms. The molecule has 2 aromatic carbocycles. The summed E-state index contributed by atoms with van der Waals surface area (Å²) in [5.74, 6) is -1.09. The summed E-state index contributed by atoms with van der Waals surface area (Å²) >= 11 is 17.9. The summed E-state index contributed by atoms with van der Waals surface area (Å²) in [6.07, 6.45) is -5.06. The van der Waals surface area contributed by atoms with E-state index in [2.05, 4.69) is 4.98 Å². The van der Waals surface area contributed by atoms with Crippen LogP contribution in [0.15, 0.2) is 47.4 Å². The Morgan fingerprint density at radius 3 is 2.38 bits per heavy atom. The van der Waals surface area contributed by atoms with Gasteiger partial charge in [-0.1, -0.05) is 52.2 Å². The van der Waals surface area contributed by atoms with Gasteiger partial charge in [0.2, 0.25) is 10.9 Å². The molecule has 0 fully saturated rings. The van der Waals surface area contributed by atoms with E-state index in [0.717, 1.165) is 6.07 Å². The first-order valence-electron chi connectivity index (χ1n) is 9.30. The molecule has 0 N–H and O–H groups in total. The van der Waals surface area contributed by atoms with Gasteiger partial charge in [0.25, 0.3) is 10.0 Å². The number of anilines is 1. The number of carbonyl (C=O) groups excluding carboxylic acids is 1. The van der Waals surface area contributed by atoms with Gasteiger partial charge in [-0.3, -0.25) is 4.79 Å². The van der Waals surface area contributed by atoms with Gasteiger partial charge in [0, 0.05) is 22.2 Å². The van der Waals surface area contributed by atoms with E-state index in [1.165, 1.54) is 36.4 Å². The minimum Gasteiger partial charge on any atom is -0.360 e. The number of carbonyl (C=O) groups is 1. The molecule has 0 unspecified atom stereocenters. The molecule has 3 aromatic rings. The smallest absolute Gasteiger partial charge is 0.360 e. The number of benzene rings is 2. The number of ether oxygens (including phenoxy) is 1. The van der Waals surface area contributed by atoms with Gasteiger partial charge in [0.1, 0.15) is 11.6 Å². The molecule has 0 aliphatic carbocycles. The first-order valence-corrected chi connectivity index (χ1v) is 12.7. The number of alkyl halides is 3. The lowest BCUT2D eigenvalue weighted by Gasteiger charge is -2.21. The van der Waals surface area contributed by atoms with Gasteiger partial charge in [-0.15, -0.1) is 0 Å². The number of halogens is 6. The van der Waals surface area contributed by atoms with Crippen molar-refractivity contribution >= 4 is 67.1 Å². The fraction of sp³-hybridized carbons (Fsp3) is 0.200. The number of nitrogens with zero attached hydrogens (tertiary/aromatic N) is 2. The summed E-state index contributed by atoms with van der Waals surface area (Å²) in [7, 11) is -4.45. The molecule has 0 aliphatic rings. The molecular weight excluding hydrogens is 560 g/mol. The van der Waals surface area contributed by atoms with Crippen LogP contribution in [-0.4, -0.2) is 32.5 Å². The highest BCUT2D eigenvalue weighted by molar-refractivity contribution is 7.93. The Morgan fingerprint density at radius 1 is 1.12 bits per heavy atom. The van der Waals surface area contributed by atoms with Crippen LogP contribution >= 0.6 is 46.1 Å². The highest BCUT2D eigenvalue weighted by Gasteiger charge is 2.42. The minimum absolute atomic E-state index is 0.0608. The second kappa shape index (κ2) is 10.4. The Labute approximate surface area is 211 Å². The number of aromatic nitrogens is 1. The number of ketones is 1. The number of hydrogen-bond donors (Lipinski definition) is 0. The van der Waals surface area contributed by atoms with Gasteiger partial charge in [-0.2, -0.15) is 13.2 Å². The van der Waals surface area contributed by atoms with Crippen LogP contribution in [0.4, 0.5) is 18.3 Å². The van der Waals surface area contributed by atoms with Crippen LogP contribution in [0.1, 0.15) is 27.9 Å².